The van der Waals surface area contributed by atoms with Gasteiger partial charge in [-0.3, -0.25) is 10.1 Å². The van der Waals surface area contributed by atoms with Gasteiger partial charge in [-0.25, -0.2) is 9.44 Å². The molecule has 0 radical (unpaired) electrons. The standard InChI is InChI=1S/C6H5N5O2S2/c12-11(13)3-1-2-4(8-14-7-2)6-5(3)9-15-10-6/h1-2,4,7-8H/t2-,4+/m0/s1. The third-order valence-electron chi connectivity index (χ3n) is 2.33. The zero-order chi connectivity index (χ0) is 10.4. The van der Waals surface area contributed by atoms with Crippen LogP contribution in [-0.2, 0) is 0 Å². The molecule has 7 nitrogen and oxygen atoms in total. The molecule has 0 bridgehead atoms. The van der Waals surface area contributed by atoms with E-state index in [0.29, 0.717) is 11.4 Å². The summed E-state index contributed by atoms with van der Waals surface area (Å²) < 4.78 is 14.2. The van der Waals surface area contributed by atoms with E-state index in [4.69, 9.17) is 0 Å². The highest BCUT2D eigenvalue weighted by Gasteiger charge is 2.40. The summed E-state index contributed by atoms with van der Waals surface area (Å²) in [5.41, 5.74) is 1.09. The Hall–Kier alpha value is -1.03. The van der Waals surface area contributed by atoms with Crippen molar-refractivity contribution in [2.24, 2.45) is 0 Å². The Balaban J connectivity index is 2.15. The molecule has 3 rings (SSSR count). The molecule has 0 aromatic carbocycles. The van der Waals surface area contributed by atoms with Crippen LogP contribution in [0.4, 0.5) is 0 Å². The lowest BCUT2D eigenvalue weighted by Gasteiger charge is -2.16. The van der Waals surface area contributed by atoms with Gasteiger partial charge in [0, 0.05) is 18.2 Å². The van der Waals surface area contributed by atoms with Gasteiger partial charge in [0.25, 0.3) is 5.70 Å². The van der Waals surface area contributed by atoms with E-state index < -0.39 is 4.92 Å². The van der Waals surface area contributed by atoms with Crippen LogP contribution in [0.15, 0.2) is 6.08 Å². The van der Waals surface area contributed by atoms with Gasteiger partial charge in [0.15, 0.2) is 5.69 Å². The number of nitrogens with one attached hydrogen (secondary N) is 2. The van der Waals surface area contributed by atoms with Gasteiger partial charge in [0.1, 0.15) is 5.69 Å². The minimum Gasteiger partial charge on any atom is -0.258 e. The van der Waals surface area contributed by atoms with Gasteiger partial charge in [0.2, 0.25) is 0 Å². The molecular formula is C6H5N5O2S2. The quantitative estimate of drug-likeness (QED) is 0.417. The maximum absolute atomic E-state index is 10.8. The number of hydrogen-bond acceptors (Lipinski definition) is 8. The van der Waals surface area contributed by atoms with Crippen molar-refractivity contribution in [3.05, 3.63) is 27.6 Å². The van der Waals surface area contributed by atoms with Crippen LogP contribution in [0.2, 0.25) is 0 Å². The van der Waals surface area contributed by atoms with E-state index in [9.17, 15) is 10.1 Å². The van der Waals surface area contributed by atoms with Crippen molar-refractivity contribution in [2.75, 3.05) is 0 Å². The molecule has 2 heterocycles. The van der Waals surface area contributed by atoms with Crippen LogP contribution in [0.3, 0.4) is 0 Å². The Bertz CT molecular complexity index is 458. The second kappa shape index (κ2) is 3.23. The molecule has 0 saturated carbocycles. The summed E-state index contributed by atoms with van der Waals surface area (Å²) in [7, 11) is 0. The zero-order valence-corrected chi connectivity index (χ0v) is 8.84. The summed E-state index contributed by atoms with van der Waals surface area (Å²) in [6.07, 6.45) is 1.58. The summed E-state index contributed by atoms with van der Waals surface area (Å²) in [5.74, 6) is 0. The summed E-state index contributed by atoms with van der Waals surface area (Å²) in [6.45, 7) is 0. The lowest BCUT2D eigenvalue weighted by atomic mass is 9.97. The maximum Gasteiger partial charge on any atom is 0.295 e. The van der Waals surface area contributed by atoms with Gasteiger partial charge in [0.05, 0.1) is 28.7 Å². The van der Waals surface area contributed by atoms with Crippen molar-refractivity contribution in [2.45, 2.75) is 12.1 Å². The van der Waals surface area contributed by atoms with Crippen molar-refractivity contribution in [1.29, 1.82) is 0 Å². The highest BCUT2D eigenvalue weighted by Crippen LogP contribution is 2.36. The number of fused-ring (bicyclic) bond motifs is 3. The lowest BCUT2D eigenvalue weighted by molar-refractivity contribution is -0.376. The molecule has 0 unspecified atom stereocenters. The predicted octanol–water partition coefficient (Wildman–Crippen LogP) is 0.335. The Morgan fingerprint density at radius 1 is 1.47 bits per heavy atom. The van der Waals surface area contributed by atoms with Crippen molar-refractivity contribution in [3.8, 4) is 0 Å². The lowest BCUT2D eigenvalue weighted by Crippen LogP contribution is -2.29. The van der Waals surface area contributed by atoms with Crippen LogP contribution >= 0.6 is 23.9 Å². The Morgan fingerprint density at radius 2 is 2.33 bits per heavy atom. The van der Waals surface area contributed by atoms with Crippen molar-refractivity contribution in [1.82, 2.24) is 18.2 Å². The first-order chi connectivity index (χ1) is 7.27. The van der Waals surface area contributed by atoms with E-state index in [1.807, 2.05) is 0 Å². The molecule has 1 aliphatic heterocycles. The van der Waals surface area contributed by atoms with Crippen molar-refractivity contribution < 1.29 is 4.92 Å². The van der Waals surface area contributed by atoms with Crippen LogP contribution < -0.4 is 9.44 Å². The average Bonchev–Trinajstić information content (AvgIpc) is 2.83. The third kappa shape index (κ3) is 1.28. The summed E-state index contributed by atoms with van der Waals surface area (Å²) in [4.78, 5) is 10.4. The summed E-state index contributed by atoms with van der Waals surface area (Å²) in [6, 6.07) is -0.112. The first kappa shape index (κ1) is 9.21. The van der Waals surface area contributed by atoms with E-state index >= 15 is 0 Å². The summed E-state index contributed by atoms with van der Waals surface area (Å²) >= 11 is 2.33. The molecule has 1 fully saturated rings. The highest BCUT2D eigenvalue weighted by atomic mass is 32.2. The van der Waals surface area contributed by atoms with Gasteiger partial charge < -0.3 is 0 Å². The molecule has 9 heteroatoms. The van der Waals surface area contributed by atoms with Gasteiger partial charge in [-0.2, -0.15) is 8.75 Å². The predicted molar refractivity (Wildman–Crippen MR) is 55.3 cm³/mol. The second-order valence-electron chi connectivity index (χ2n) is 3.15. The summed E-state index contributed by atoms with van der Waals surface area (Å²) in [5, 5.41) is 10.8. The molecule has 15 heavy (non-hydrogen) atoms. The highest BCUT2D eigenvalue weighted by molar-refractivity contribution is 7.95. The first-order valence-corrected chi connectivity index (χ1v) is 5.68. The fourth-order valence-electron chi connectivity index (χ4n) is 1.64. The minimum absolute atomic E-state index is 0.0209. The fraction of sp³-hybridized carbons (Fsp3) is 0.333. The third-order valence-corrected chi connectivity index (χ3v) is 3.63. The fourth-order valence-corrected chi connectivity index (χ4v) is 3.03. The molecule has 2 N–H and O–H groups in total. The molecular weight excluding hydrogens is 238 g/mol. The van der Waals surface area contributed by atoms with Crippen LogP contribution in [0.1, 0.15) is 17.4 Å². The number of nitrogens with zero attached hydrogens (tertiary/aromatic N) is 3. The van der Waals surface area contributed by atoms with Crippen molar-refractivity contribution in [3.63, 3.8) is 0 Å². The van der Waals surface area contributed by atoms with Gasteiger partial charge >= 0.3 is 0 Å². The van der Waals surface area contributed by atoms with Crippen molar-refractivity contribution >= 4 is 29.6 Å². The largest absolute Gasteiger partial charge is 0.295 e. The number of hydrogen-bond donors (Lipinski definition) is 2. The van der Waals surface area contributed by atoms with Gasteiger partial charge in [-0.1, -0.05) is 0 Å². The second-order valence-corrected chi connectivity index (χ2v) is 4.35. The average molecular weight is 243 g/mol. The molecule has 1 aromatic heterocycles. The monoisotopic (exact) mass is 243 g/mol. The SMILES string of the molecule is O=[N+]([O-])C1=C[C@@H]2NSN[C@H]2c2nsnc21. The van der Waals surface area contributed by atoms with Crippen LogP contribution in [-0.4, -0.2) is 19.7 Å². The smallest absolute Gasteiger partial charge is 0.258 e. The molecule has 2 aliphatic rings. The Labute approximate surface area is 92.7 Å². The molecule has 1 saturated heterocycles. The molecule has 0 amide bonds. The van der Waals surface area contributed by atoms with E-state index in [1.54, 1.807) is 6.08 Å². The van der Waals surface area contributed by atoms with E-state index in [0.717, 1.165) is 11.7 Å². The van der Waals surface area contributed by atoms with Gasteiger partial charge in [-0.05, 0) is 0 Å². The van der Waals surface area contributed by atoms with E-state index in [-0.39, 0.29) is 17.8 Å². The zero-order valence-electron chi connectivity index (χ0n) is 7.21. The number of rotatable bonds is 1. The maximum atomic E-state index is 10.8. The number of nitro groups is 1. The molecule has 0 spiro atoms. The minimum atomic E-state index is -0.416. The van der Waals surface area contributed by atoms with Crippen LogP contribution in [0.25, 0.3) is 5.70 Å². The first-order valence-electron chi connectivity index (χ1n) is 4.13. The number of aromatic nitrogens is 2. The molecule has 2 atom stereocenters. The Kier molecular flexibility index (Phi) is 1.99. The van der Waals surface area contributed by atoms with E-state index in [2.05, 4.69) is 18.2 Å². The topological polar surface area (TPSA) is 93.0 Å². The van der Waals surface area contributed by atoms with Crippen LogP contribution in [0.5, 0.6) is 0 Å². The Morgan fingerprint density at radius 3 is 3.13 bits per heavy atom. The van der Waals surface area contributed by atoms with E-state index in [1.165, 1.54) is 12.1 Å². The normalized spacial score (nSPS) is 28.1. The van der Waals surface area contributed by atoms with Gasteiger partial charge in [-0.15, -0.1) is 0 Å². The van der Waals surface area contributed by atoms with Crippen LogP contribution in [0, 0.1) is 10.1 Å². The molecule has 1 aliphatic carbocycles. The molecule has 78 valence electrons. The molecule has 1 aromatic rings.